The standard InChI is InChI=1S/C15H17ClN2O4S2/c1-18(24(21,22)15-7-6-13(16)23-15)10-14(20)17-12-4-2-11(3-5-12)8-9-19/h2-7,19H,8-10H2,1H3,(H,17,20). The molecule has 0 atom stereocenters. The van der Waals surface area contributed by atoms with Gasteiger partial charge in [-0.05, 0) is 36.2 Å². The van der Waals surface area contributed by atoms with Crippen molar-refractivity contribution in [1.29, 1.82) is 0 Å². The first kappa shape index (κ1) is 18.9. The minimum Gasteiger partial charge on any atom is -0.396 e. The number of carbonyl (C=O) groups excluding carboxylic acids is 1. The first-order chi connectivity index (χ1) is 11.3. The number of hydrogen-bond donors (Lipinski definition) is 2. The fourth-order valence-electron chi connectivity index (χ4n) is 1.96. The van der Waals surface area contributed by atoms with E-state index in [0.29, 0.717) is 16.4 Å². The Labute approximate surface area is 149 Å². The fourth-order valence-corrected chi connectivity index (χ4v) is 4.78. The summed E-state index contributed by atoms with van der Waals surface area (Å²) in [5.74, 6) is -0.446. The van der Waals surface area contributed by atoms with Gasteiger partial charge in [0.2, 0.25) is 5.91 Å². The van der Waals surface area contributed by atoms with E-state index in [4.69, 9.17) is 16.7 Å². The van der Waals surface area contributed by atoms with Crippen LogP contribution in [0.3, 0.4) is 0 Å². The number of benzene rings is 1. The van der Waals surface area contributed by atoms with Gasteiger partial charge in [-0.1, -0.05) is 23.7 Å². The SMILES string of the molecule is CN(CC(=O)Nc1ccc(CCO)cc1)S(=O)(=O)c1ccc(Cl)s1. The zero-order valence-corrected chi connectivity index (χ0v) is 15.3. The van der Waals surface area contributed by atoms with Crippen LogP contribution in [0.5, 0.6) is 0 Å². The molecule has 0 bridgehead atoms. The van der Waals surface area contributed by atoms with Gasteiger partial charge in [-0.2, -0.15) is 4.31 Å². The molecule has 1 heterocycles. The number of anilines is 1. The van der Waals surface area contributed by atoms with Crippen LogP contribution >= 0.6 is 22.9 Å². The van der Waals surface area contributed by atoms with Crippen molar-refractivity contribution in [2.24, 2.45) is 0 Å². The normalized spacial score (nSPS) is 11.7. The lowest BCUT2D eigenvalue weighted by molar-refractivity contribution is -0.116. The van der Waals surface area contributed by atoms with Gasteiger partial charge in [-0.15, -0.1) is 11.3 Å². The highest BCUT2D eigenvalue weighted by Gasteiger charge is 2.24. The molecule has 9 heteroatoms. The zero-order chi connectivity index (χ0) is 17.7. The first-order valence-electron chi connectivity index (χ1n) is 7.04. The molecule has 2 rings (SSSR count). The molecule has 24 heavy (non-hydrogen) atoms. The molecule has 0 aliphatic rings. The van der Waals surface area contributed by atoms with Gasteiger partial charge >= 0.3 is 0 Å². The van der Waals surface area contributed by atoms with Crippen LogP contribution < -0.4 is 5.32 Å². The van der Waals surface area contributed by atoms with Gasteiger partial charge in [-0.3, -0.25) is 4.79 Å². The predicted octanol–water partition coefficient (Wildman–Crippen LogP) is 2.20. The second-order valence-corrected chi connectivity index (χ2v) is 9.03. The van der Waals surface area contributed by atoms with E-state index in [9.17, 15) is 13.2 Å². The number of rotatable bonds is 7. The third-order valence-corrected chi connectivity index (χ3v) is 6.72. The number of sulfonamides is 1. The van der Waals surface area contributed by atoms with Crippen LogP contribution in [0, 0.1) is 0 Å². The Kier molecular flexibility index (Phi) is 6.36. The minimum atomic E-state index is -3.74. The van der Waals surface area contributed by atoms with Crippen LogP contribution in [-0.4, -0.2) is 43.9 Å². The van der Waals surface area contributed by atoms with Crippen molar-refractivity contribution in [2.45, 2.75) is 10.6 Å². The molecule has 1 amide bonds. The average Bonchev–Trinajstić information content (AvgIpc) is 2.96. The highest BCUT2D eigenvalue weighted by atomic mass is 35.5. The zero-order valence-electron chi connectivity index (χ0n) is 12.9. The number of likely N-dealkylation sites (N-methyl/N-ethyl adjacent to an activating group) is 1. The van der Waals surface area contributed by atoms with Crippen LogP contribution in [0.1, 0.15) is 5.56 Å². The van der Waals surface area contributed by atoms with E-state index in [2.05, 4.69) is 5.32 Å². The van der Waals surface area contributed by atoms with E-state index in [1.54, 1.807) is 24.3 Å². The molecule has 0 spiro atoms. The summed E-state index contributed by atoms with van der Waals surface area (Å²) in [6.07, 6.45) is 0.540. The van der Waals surface area contributed by atoms with Crippen LogP contribution in [0.25, 0.3) is 0 Å². The van der Waals surface area contributed by atoms with Crippen molar-refractivity contribution < 1.29 is 18.3 Å². The highest BCUT2D eigenvalue weighted by Crippen LogP contribution is 2.27. The second-order valence-electron chi connectivity index (χ2n) is 5.04. The molecule has 1 aromatic carbocycles. The Balaban J connectivity index is 1.98. The summed E-state index contributed by atoms with van der Waals surface area (Å²) in [5.41, 5.74) is 1.51. The van der Waals surface area contributed by atoms with Gasteiger partial charge in [0, 0.05) is 19.3 Å². The summed E-state index contributed by atoms with van der Waals surface area (Å²) in [6.45, 7) is -0.253. The van der Waals surface area contributed by atoms with E-state index in [1.165, 1.54) is 19.2 Å². The Morgan fingerprint density at radius 1 is 1.25 bits per heavy atom. The molecule has 0 fully saturated rings. The fraction of sp³-hybridized carbons (Fsp3) is 0.267. The minimum absolute atomic E-state index is 0.0566. The van der Waals surface area contributed by atoms with Crippen LogP contribution in [0.4, 0.5) is 5.69 Å². The Hall–Kier alpha value is -1.45. The Morgan fingerprint density at radius 2 is 1.92 bits per heavy atom. The lowest BCUT2D eigenvalue weighted by Gasteiger charge is -2.15. The molecular weight excluding hydrogens is 372 g/mol. The first-order valence-corrected chi connectivity index (χ1v) is 9.67. The van der Waals surface area contributed by atoms with E-state index in [0.717, 1.165) is 21.2 Å². The summed E-state index contributed by atoms with van der Waals surface area (Å²) >= 11 is 6.70. The van der Waals surface area contributed by atoms with E-state index < -0.39 is 15.9 Å². The molecule has 0 radical (unpaired) electrons. The van der Waals surface area contributed by atoms with E-state index in [1.807, 2.05) is 0 Å². The van der Waals surface area contributed by atoms with Gasteiger partial charge < -0.3 is 10.4 Å². The van der Waals surface area contributed by atoms with Gasteiger partial charge in [0.1, 0.15) is 4.21 Å². The van der Waals surface area contributed by atoms with Crippen molar-refractivity contribution in [3.63, 3.8) is 0 Å². The van der Waals surface area contributed by atoms with Crippen molar-refractivity contribution in [3.8, 4) is 0 Å². The smallest absolute Gasteiger partial charge is 0.252 e. The number of amides is 1. The van der Waals surface area contributed by atoms with Gasteiger partial charge in [0.05, 0.1) is 10.9 Å². The molecule has 2 N–H and O–H groups in total. The molecule has 2 aromatic rings. The third-order valence-electron chi connectivity index (χ3n) is 3.22. The molecule has 1 aromatic heterocycles. The number of aliphatic hydroxyl groups excluding tert-OH is 1. The van der Waals surface area contributed by atoms with Gasteiger partial charge in [-0.25, -0.2) is 8.42 Å². The number of halogens is 1. The molecule has 0 saturated heterocycles. The van der Waals surface area contributed by atoms with Crippen molar-refractivity contribution in [1.82, 2.24) is 4.31 Å². The monoisotopic (exact) mass is 388 g/mol. The van der Waals surface area contributed by atoms with Crippen molar-refractivity contribution in [2.75, 3.05) is 25.5 Å². The second kappa shape index (κ2) is 8.09. The number of carbonyl (C=O) groups is 1. The number of thiophene rings is 1. The maximum absolute atomic E-state index is 12.3. The lowest BCUT2D eigenvalue weighted by atomic mass is 10.1. The molecular formula is C15H17ClN2O4S2. The topological polar surface area (TPSA) is 86.7 Å². The van der Waals surface area contributed by atoms with Crippen LogP contribution in [-0.2, 0) is 21.2 Å². The Bertz CT molecular complexity index is 803. The molecule has 0 saturated carbocycles. The average molecular weight is 389 g/mol. The van der Waals surface area contributed by atoms with Crippen LogP contribution in [0.15, 0.2) is 40.6 Å². The van der Waals surface area contributed by atoms with Crippen molar-refractivity contribution >= 4 is 44.6 Å². The summed E-state index contributed by atoms with van der Waals surface area (Å²) in [6, 6.07) is 9.91. The van der Waals surface area contributed by atoms with Gasteiger partial charge in [0.15, 0.2) is 0 Å². The lowest BCUT2D eigenvalue weighted by Crippen LogP contribution is -2.34. The highest BCUT2D eigenvalue weighted by molar-refractivity contribution is 7.91. The summed E-state index contributed by atoms with van der Waals surface area (Å²) in [4.78, 5) is 12.0. The summed E-state index contributed by atoms with van der Waals surface area (Å²) < 4.78 is 26.1. The molecule has 0 aliphatic carbocycles. The summed E-state index contributed by atoms with van der Waals surface area (Å²) in [7, 11) is -2.40. The predicted molar refractivity (Wildman–Crippen MR) is 95.0 cm³/mol. The molecule has 0 aliphatic heterocycles. The van der Waals surface area contributed by atoms with Crippen LogP contribution in [0.2, 0.25) is 4.34 Å². The molecule has 0 unspecified atom stereocenters. The molecule has 130 valence electrons. The quantitative estimate of drug-likeness (QED) is 0.761. The maximum atomic E-state index is 12.3. The maximum Gasteiger partial charge on any atom is 0.252 e. The number of nitrogens with zero attached hydrogens (tertiary/aromatic N) is 1. The van der Waals surface area contributed by atoms with E-state index >= 15 is 0 Å². The van der Waals surface area contributed by atoms with Gasteiger partial charge in [0.25, 0.3) is 10.0 Å². The third kappa shape index (κ3) is 4.78. The number of aliphatic hydroxyl groups is 1. The summed E-state index contributed by atoms with van der Waals surface area (Å²) in [5, 5.41) is 11.5. The number of hydrogen-bond acceptors (Lipinski definition) is 5. The van der Waals surface area contributed by atoms with Crippen molar-refractivity contribution in [3.05, 3.63) is 46.3 Å². The number of nitrogens with one attached hydrogen (secondary N) is 1. The van der Waals surface area contributed by atoms with E-state index in [-0.39, 0.29) is 17.4 Å². The Morgan fingerprint density at radius 3 is 2.46 bits per heavy atom. The largest absolute Gasteiger partial charge is 0.396 e. The molecule has 6 nitrogen and oxygen atoms in total.